The number of hydrogen-bond donors (Lipinski definition) is 1. The molecule has 0 fully saturated rings. The summed E-state index contributed by atoms with van der Waals surface area (Å²) in [6.45, 7) is 0. The van der Waals surface area contributed by atoms with E-state index in [0.29, 0.717) is 6.29 Å². The molecule has 0 aromatic heterocycles. The zero-order valence-corrected chi connectivity index (χ0v) is 4.74. The lowest BCUT2D eigenvalue weighted by molar-refractivity contribution is -0.124. The molecule has 0 unspecified atom stereocenters. The van der Waals surface area contributed by atoms with Crippen molar-refractivity contribution in [3.8, 4) is 0 Å². The minimum atomic E-state index is -1.60. The van der Waals surface area contributed by atoms with Gasteiger partial charge in [0.25, 0.3) is 0 Å². The fraction of sp³-hybridized carbons (Fsp3) is 0.400. The van der Waals surface area contributed by atoms with Gasteiger partial charge < -0.3 is 20.1 Å². The van der Waals surface area contributed by atoms with Gasteiger partial charge in [-0.1, -0.05) is 0 Å². The van der Waals surface area contributed by atoms with E-state index >= 15 is 0 Å². The van der Waals surface area contributed by atoms with Gasteiger partial charge in [0.1, 0.15) is 24.4 Å². The summed E-state index contributed by atoms with van der Waals surface area (Å²) in [6, 6.07) is 0. The van der Waals surface area contributed by atoms with Gasteiger partial charge in [-0.05, 0) is 0 Å². The van der Waals surface area contributed by atoms with Crippen LogP contribution in [-0.4, -0.2) is 24.4 Å². The van der Waals surface area contributed by atoms with Crippen LogP contribution < -0.4 is 5.73 Å². The predicted octanol–water partition coefficient (Wildman–Crippen LogP) is -1.33. The van der Waals surface area contributed by atoms with Crippen LogP contribution in [0.25, 0.3) is 0 Å². The first-order valence-corrected chi connectivity index (χ1v) is 2.33. The molecule has 0 spiro atoms. The highest BCUT2D eigenvalue weighted by Gasteiger charge is 2.21. The molecule has 0 radical (unpaired) electrons. The van der Waals surface area contributed by atoms with Gasteiger partial charge in [0, 0.05) is 6.42 Å². The van der Waals surface area contributed by atoms with E-state index in [1.54, 1.807) is 0 Å². The average molecular weight is 129 g/mol. The Labute approximate surface area is 52.0 Å². The highest BCUT2D eigenvalue weighted by molar-refractivity contribution is 5.91. The highest BCUT2D eigenvalue weighted by Crippen LogP contribution is 1.93. The average Bonchev–Trinajstić information content (AvgIpc) is 1.89. The molecule has 0 saturated heterocycles. The Bertz CT molecular complexity index is 124. The molecule has 0 aromatic rings. The van der Waals surface area contributed by atoms with Crippen molar-refractivity contribution >= 4 is 18.9 Å². The van der Waals surface area contributed by atoms with Crippen molar-refractivity contribution in [1.82, 2.24) is 0 Å². The van der Waals surface area contributed by atoms with Crippen LogP contribution in [0.5, 0.6) is 0 Å². The Morgan fingerprint density at radius 3 is 1.78 bits per heavy atom. The third-order valence-electron chi connectivity index (χ3n) is 0.876. The smallest absolute Gasteiger partial charge is 0.147 e. The number of hydrogen-bond acceptors (Lipinski definition) is 4. The lowest BCUT2D eigenvalue weighted by Crippen LogP contribution is -2.43. The van der Waals surface area contributed by atoms with Gasteiger partial charge >= 0.3 is 0 Å². The molecule has 0 aliphatic heterocycles. The quantitative estimate of drug-likeness (QED) is 0.377. The molecule has 0 aromatic carbocycles. The third-order valence-corrected chi connectivity index (χ3v) is 0.876. The molecular weight excluding hydrogens is 122 g/mol. The van der Waals surface area contributed by atoms with Gasteiger partial charge in [0.05, 0.1) is 0 Å². The van der Waals surface area contributed by atoms with Gasteiger partial charge in [-0.2, -0.15) is 0 Å². The second-order valence-electron chi connectivity index (χ2n) is 1.72. The van der Waals surface area contributed by atoms with Crippen LogP contribution >= 0.6 is 0 Å². The van der Waals surface area contributed by atoms with Crippen LogP contribution in [0.3, 0.4) is 0 Å². The van der Waals surface area contributed by atoms with E-state index < -0.39 is 5.54 Å². The molecule has 0 aliphatic carbocycles. The number of rotatable bonds is 4. The standard InChI is InChI=1S/C5H7NO3/c6-5(3-8,4-9)1-2-7/h2-4H,1,6H2. The molecule has 4 nitrogen and oxygen atoms in total. The molecule has 0 rings (SSSR count). The third kappa shape index (κ3) is 2.14. The summed E-state index contributed by atoms with van der Waals surface area (Å²) in [5.41, 5.74) is 3.44. The van der Waals surface area contributed by atoms with Crippen molar-refractivity contribution in [3.05, 3.63) is 0 Å². The topological polar surface area (TPSA) is 77.2 Å². The van der Waals surface area contributed by atoms with Crippen molar-refractivity contribution in [2.45, 2.75) is 12.0 Å². The molecule has 0 heterocycles. The normalized spacial score (nSPS) is 10.3. The minimum Gasteiger partial charge on any atom is -0.313 e. The first-order valence-electron chi connectivity index (χ1n) is 2.33. The Hall–Kier alpha value is -1.03. The molecule has 0 aliphatic rings. The first kappa shape index (κ1) is 7.97. The number of carbonyl (C=O) groups excluding carboxylic acids is 3. The van der Waals surface area contributed by atoms with Gasteiger partial charge in [-0.3, -0.25) is 0 Å². The van der Waals surface area contributed by atoms with Gasteiger partial charge in [0.2, 0.25) is 0 Å². The molecule has 0 atom stereocenters. The zero-order valence-electron chi connectivity index (χ0n) is 4.74. The summed E-state index contributed by atoms with van der Waals surface area (Å²) in [7, 11) is 0. The van der Waals surface area contributed by atoms with Crippen molar-refractivity contribution < 1.29 is 14.4 Å². The van der Waals surface area contributed by atoms with E-state index in [2.05, 4.69) is 0 Å². The molecule has 0 bridgehead atoms. The molecule has 0 amide bonds. The molecule has 4 heteroatoms. The van der Waals surface area contributed by atoms with Crippen molar-refractivity contribution in [2.75, 3.05) is 0 Å². The maximum atomic E-state index is 9.93. The summed E-state index contributed by atoms with van der Waals surface area (Å²) in [5.74, 6) is 0. The molecule has 50 valence electrons. The molecule has 9 heavy (non-hydrogen) atoms. The Morgan fingerprint density at radius 2 is 1.67 bits per heavy atom. The monoisotopic (exact) mass is 129 g/mol. The van der Waals surface area contributed by atoms with Crippen LogP contribution in [0, 0.1) is 0 Å². The second-order valence-corrected chi connectivity index (χ2v) is 1.72. The van der Waals surface area contributed by atoms with E-state index in [0.717, 1.165) is 0 Å². The van der Waals surface area contributed by atoms with E-state index in [1.165, 1.54) is 0 Å². The van der Waals surface area contributed by atoms with Crippen molar-refractivity contribution in [1.29, 1.82) is 0 Å². The largest absolute Gasteiger partial charge is 0.313 e. The summed E-state index contributed by atoms with van der Waals surface area (Å²) in [6.07, 6.45) is 0.700. The summed E-state index contributed by atoms with van der Waals surface area (Å²) < 4.78 is 0. The predicted molar refractivity (Wildman–Crippen MR) is 29.7 cm³/mol. The maximum Gasteiger partial charge on any atom is 0.147 e. The van der Waals surface area contributed by atoms with Gasteiger partial charge in [-0.15, -0.1) is 0 Å². The lowest BCUT2D eigenvalue weighted by Gasteiger charge is -2.08. The Morgan fingerprint density at radius 1 is 1.22 bits per heavy atom. The summed E-state index contributed by atoms with van der Waals surface area (Å²) >= 11 is 0. The fourth-order valence-electron chi connectivity index (χ4n) is 0.268. The van der Waals surface area contributed by atoms with E-state index in [4.69, 9.17) is 5.73 Å². The fourth-order valence-corrected chi connectivity index (χ4v) is 0.268. The second kappa shape index (κ2) is 3.09. The van der Waals surface area contributed by atoms with Crippen LogP contribution in [0.4, 0.5) is 0 Å². The van der Waals surface area contributed by atoms with E-state index in [-0.39, 0.29) is 19.0 Å². The Kier molecular flexibility index (Phi) is 2.73. The molecule has 2 N–H and O–H groups in total. The van der Waals surface area contributed by atoms with E-state index in [1.807, 2.05) is 0 Å². The molecular formula is C5H7NO3. The number of nitrogens with two attached hydrogens (primary N) is 1. The lowest BCUT2D eigenvalue weighted by atomic mass is 10.0. The zero-order chi connectivity index (χ0) is 7.33. The minimum absolute atomic E-state index is 0.250. The van der Waals surface area contributed by atoms with Gasteiger partial charge in [0.15, 0.2) is 0 Å². The van der Waals surface area contributed by atoms with Crippen molar-refractivity contribution in [3.63, 3.8) is 0 Å². The van der Waals surface area contributed by atoms with Crippen molar-refractivity contribution in [2.24, 2.45) is 5.73 Å². The van der Waals surface area contributed by atoms with Crippen LogP contribution in [0.15, 0.2) is 0 Å². The Balaban J connectivity index is 4.06. The van der Waals surface area contributed by atoms with Crippen LogP contribution in [0.2, 0.25) is 0 Å². The number of carbonyl (C=O) groups is 3. The maximum absolute atomic E-state index is 9.93. The first-order chi connectivity index (χ1) is 4.18. The summed E-state index contributed by atoms with van der Waals surface area (Å²) in [4.78, 5) is 29.6. The summed E-state index contributed by atoms with van der Waals surface area (Å²) in [5, 5.41) is 0. The molecule has 0 saturated carbocycles. The number of aldehydes is 3. The van der Waals surface area contributed by atoms with Crippen LogP contribution in [0.1, 0.15) is 6.42 Å². The van der Waals surface area contributed by atoms with Gasteiger partial charge in [-0.25, -0.2) is 0 Å². The van der Waals surface area contributed by atoms with Crippen LogP contribution in [-0.2, 0) is 14.4 Å². The van der Waals surface area contributed by atoms with E-state index in [9.17, 15) is 14.4 Å². The highest BCUT2D eigenvalue weighted by atomic mass is 16.1. The SMILES string of the molecule is NC(C=O)(C=O)CC=O.